The molecular weight excluding hydrogens is 288 g/mol. The van der Waals surface area contributed by atoms with Crippen LogP contribution < -0.4 is 5.32 Å². The van der Waals surface area contributed by atoms with Gasteiger partial charge < -0.3 is 5.32 Å². The molecule has 1 atom stereocenters. The van der Waals surface area contributed by atoms with Gasteiger partial charge >= 0.3 is 0 Å². The third-order valence-electron chi connectivity index (χ3n) is 5.44. The summed E-state index contributed by atoms with van der Waals surface area (Å²) in [7, 11) is 1.95. The summed E-state index contributed by atoms with van der Waals surface area (Å²) in [6, 6.07) is 0.0400. The lowest BCUT2D eigenvalue weighted by atomic mass is 9.89. The third-order valence-corrected chi connectivity index (χ3v) is 5.44. The number of hydrogen-bond donors (Lipinski definition) is 1. The van der Waals surface area contributed by atoms with Gasteiger partial charge in [0.15, 0.2) is 0 Å². The number of aromatic nitrogens is 2. The van der Waals surface area contributed by atoms with E-state index in [9.17, 15) is 4.79 Å². The zero-order valence-corrected chi connectivity index (χ0v) is 14.6. The number of likely N-dealkylation sites (tertiary alicyclic amines) is 1. The molecule has 1 aliphatic carbocycles. The van der Waals surface area contributed by atoms with Crippen molar-refractivity contribution in [2.75, 3.05) is 13.1 Å². The fraction of sp³-hybridized carbons (Fsp3) is 0.778. The smallest absolute Gasteiger partial charge is 0.237 e. The average Bonchev–Trinajstić information content (AvgIpc) is 3.13. The zero-order valence-electron chi connectivity index (χ0n) is 14.6. The highest BCUT2D eigenvalue weighted by molar-refractivity contribution is 5.82. The Bertz CT molecular complexity index is 533. The van der Waals surface area contributed by atoms with Crippen LogP contribution in [0, 0.1) is 12.8 Å². The van der Waals surface area contributed by atoms with E-state index in [1.165, 1.54) is 37.7 Å². The van der Waals surface area contributed by atoms with Gasteiger partial charge in [-0.25, -0.2) is 0 Å². The molecule has 3 rings (SSSR count). The molecule has 0 spiro atoms. The fourth-order valence-corrected chi connectivity index (χ4v) is 4.09. The number of hydrogen-bond acceptors (Lipinski definition) is 3. The van der Waals surface area contributed by atoms with E-state index in [1.807, 2.05) is 18.7 Å². The molecule has 1 saturated carbocycles. The molecular formula is C18H30N4O. The quantitative estimate of drug-likeness (QED) is 0.907. The maximum atomic E-state index is 12.6. The summed E-state index contributed by atoms with van der Waals surface area (Å²) in [5.74, 6) is 0.928. The first-order valence-electron chi connectivity index (χ1n) is 9.14. The summed E-state index contributed by atoms with van der Waals surface area (Å²) < 4.78 is 1.86. The van der Waals surface area contributed by atoms with Gasteiger partial charge in [0, 0.05) is 31.9 Å². The summed E-state index contributed by atoms with van der Waals surface area (Å²) in [6.07, 6.45) is 10.8. The molecule has 128 valence electrons. The van der Waals surface area contributed by atoms with Crippen molar-refractivity contribution in [3.05, 3.63) is 17.5 Å². The van der Waals surface area contributed by atoms with Gasteiger partial charge in [0.05, 0.1) is 11.7 Å². The van der Waals surface area contributed by atoms with Crippen LogP contribution in [0.4, 0.5) is 0 Å². The van der Waals surface area contributed by atoms with Gasteiger partial charge in [0.25, 0.3) is 0 Å². The van der Waals surface area contributed by atoms with E-state index in [-0.39, 0.29) is 11.9 Å². The molecule has 1 N–H and O–H groups in total. The molecule has 0 radical (unpaired) electrons. The number of amides is 1. The van der Waals surface area contributed by atoms with Crippen LogP contribution in [0.3, 0.4) is 0 Å². The Hall–Kier alpha value is -1.36. The highest BCUT2D eigenvalue weighted by Crippen LogP contribution is 2.24. The first kappa shape index (κ1) is 16.5. The number of carbonyl (C=O) groups is 1. The van der Waals surface area contributed by atoms with Crippen molar-refractivity contribution in [3.63, 3.8) is 0 Å². The standard InChI is InChI=1S/C18H30N4O/c1-14-16(12-21(2)20-14)13-22-10-6-9-17(22)18(23)19-11-15-7-4-3-5-8-15/h12,15,17H,3-11,13H2,1-2H3,(H,19,23). The van der Waals surface area contributed by atoms with Gasteiger partial charge in [0.2, 0.25) is 5.91 Å². The molecule has 1 amide bonds. The molecule has 2 aliphatic rings. The predicted molar refractivity (Wildman–Crippen MR) is 91.0 cm³/mol. The second kappa shape index (κ2) is 7.47. The Labute approximate surface area is 139 Å². The van der Waals surface area contributed by atoms with Gasteiger partial charge in [-0.3, -0.25) is 14.4 Å². The number of rotatable bonds is 5. The van der Waals surface area contributed by atoms with Gasteiger partial charge in [0.1, 0.15) is 0 Å². The predicted octanol–water partition coefficient (Wildman–Crippen LogP) is 2.39. The van der Waals surface area contributed by atoms with Crippen molar-refractivity contribution in [2.45, 2.75) is 64.5 Å². The minimum Gasteiger partial charge on any atom is -0.354 e. The maximum Gasteiger partial charge on any atom is 0.237 e. The summed E-state index contributed by atoms with van der Waals surface area (Å²) >= 11 is 0. The molecule has 0 bridgehead atoms. The lowest BCUT2D eigenvalue weighted by molar-refractivity contribution is -0.125. The van der Waals surface area contributed by atoms with Gasteiger partial charge in [-0.15, -0.1) is 0 Å². The number of nitrogens with zero attached hydrogens (tertiary/aromatic N) is 3. The molecule has 1 aliphatic heterocycles. The maximum absolute atomic E-state index is 12.6. The van der Waals surface area contributed by atoms with E-state index in [4.69, 9.17) is 0 Å². The minimum absolute atomic E-state index is 0.0400. The third kappa shape index (κ3) is 4.14. The van der Waals surface area contributed by atoms with Crippen molar-refractivity contribution >= 4 is 5.91 Å². The lowest BCUT2D eigenvalue weighted by Gasteiger charge is -2.26. The second-order valence-corrected chi connectivity index (χ2v) is 7.29. The Balaban J connectivity index is 1.53. The Morgan fingerprint density at radius 3 is 2.74 bits per heavy atom. The highest BCUT2D eigenvalue weighted by Gasteiger charge is 2.31. The molecule has 2 fully saturated rings. The minimum atomic E-state index is 0.0400. The van der Waals surface area contributed by atoms with Crippen molar-refractivity contribution < 1.29 is 4.79 Å². The number of aryl methyl sites for hydroxylation is 2. The Morgan fingerprint density at radius 1 is 1.26 bits per heavy atom. The summed E-state index contributed by atoms with van der Waals surface area (Å²) in [6.45, 7) is 4.76. The van der Waals surface area contributed by atoms with E-state index >= 15 is 0 Å². The van der Waals surface area contributed by atoms with Crippen molar-refractivity contribution in [3.8, 4) is 0 Å². The average molecular weight is 318 g/mol. The Kier molecular flexibility index (Phi) is 5.36. The molecule has 2 heterocycles. The van der Waals surface area contributed by atoms with Crippen LogP contribution in [0.25, 0.3) is 0 Å². The molecule has 1 aromatic heterocycles. The normalized spacial score (nSPS) is 23.3. The molecule has 5 nitrogen and oxygen atoms in total. The fourth-order valence-electron chi connectivity index (χ4n) is 4.09. The topological polar surface area (TPSA) is 50.2 Å². The van der Waals surface area contributed by atoms with E-state index < -0.39 is 0 Å². The molecule has 5 heteroatoms. The molecule has 1 unspecified atom stereocenters. The van der Waals surface area contributed by atoms with Gasteiger partial charge in [-0.2, -0.15) is 5.10 Å². The van der Waals surface area contributed by atoms with Gasteiger partial charge in [-0.05, 0) is 45.1 Å². The summed E-state index contributed by atoms with van der Waals surface area (Å²) in [4.78, 5) is 14.9. The van der Waals surface area contributed by atoms with Crippen LogP contribution >= 0.6 is 0 Å². The largest absolute Gasteiger partial charge is 0.354 e. The molecule has 23 heavy (non-hydrogen) atoms. The van der Waals surface area contributed by atoms with Crippen molar-refractivity contribution in [1.29, 1.82) is 0 Å². The first-order valence-corrected chi connectivity index (χ1v) is 9.14. The van der Waals surface area contributed by atoms with E-state index in [0.29, 0.717) is 5.92 Å². The van der Waals surface area contributed by atoms with Crippen LogP contribution in [0.15, 0.2) is 6.20 Å². The van der Waals surface area contributed by atoms with Crippen LogP contribution in [0.5, 0.6) is 0 Å². The van der Waals surface area contributed by atoms with E-state index in [0.717, 1.165) is 38.2 Å². The zero-order chi connectivity index (χ0) is 16.2. The van der Waals surface area contributed by atoms with Crippen molar-refractivity contribution in [2.24, 2.45) is 13.0 Å². The summed E-state index contributed by atoms with van der Waals surface area (Å²) in [5.41, 5.74) is 2.31. The van der Waals surface area contributed by atoms with E-state index in [2.05, 4.69) is 21.5 Å². The van der Waals surface area contributed by atoms with Crippen molar-refractivity contribution in [1.82, 2.24) is 20.0 Å². The molecule has 0 aromatic carbocycles. The molecule has 1 saturated heterocycles. The number of carbonyl (C=O) groups excluding carboxylic acids is 1. The first-order chi connectivity index (χ1) is 11.1. The monoisotopic (exact) mass is 318 g/mol. The number of nitrogens with one attached hydrogen (secondary N) is 1. The highest BCUT2D eigenvalue weighted by atomic mass is 16.2. The van der Waals surface area contributed by atoms with Gasteiger partial charge in [-0.1, -0.05) is 19.3 Å². The van der Waals surface area contributed by atoms with E-state index in [1.54, 1.807) is 0 Å². The van der Waals surface area contributed by atoms with Crippen LogP contribution in [-0.4, -0.2) is 39.7 Å². The van der Waals surface area contributed by atoms with Crippen LogP contribution in [0.2, 0.25) is 0 Å². The van der Waals surface area contributed by atoms with Crippen LogP contribution in [-0.2, 0) is 18.4 Å². The SMILES string of the molecule is Cc1nn(C)cc1CN1CCCC1C(=O)NCC1CCCCC1. The second-order valence-electron chi connectivity index (χ2n) is 7.29. The van der Waals surface area contributed by atoms with Crippen LogP contribution in [0.1, 0.15) is 56.2 Å². The lowest BCUT2D eigenvalue weighted by Crippen LogP contribution is -2.44. The molecule has 1 aromatic rings. The Morgan fingerprint density at radius 2 is 2.04 bits per heavy atom. The summed E-state index contributed by atoms with van der Waals surface area (Å²) in [5, 5.41) is 7.64.